The van der Waals surface area contributed by atoms with Crippen LogP contribution in [0.2, 0.25) is 0 Å². The minimum atomic E-state index is -4.67. The van der Waals surface area contributed by atoms with Gasteiger partial charge in [0.05, 0.1) is 24.8 Å². The number of carbonyl (C=O) groups is 3. The number of aromatic carboxylic acids is 1. The van der Waals surface area contributed by atoms with E-state index in [9.17, 15) is 57.9 Å². The van der Waals surface area contributed by atoms with Crippen LogP contribution in [0.3, 0.4) is 0 Å². The second kappa shape index (κ2) is 27.0. The molecule has 0 aliphatic carbocycles. The molecular formula is C22H20BBrCl2F3N6O15S3. The number of carbonyl (C=O) groups excluding carboxylic acids is 2. The molecule has 53 heavy (non-hydrogen) atoms. The van der Waals surface area contributed by atoms with E-state index < -0.39 is 86.7 Å². The van der Waals surface area contributed by atoms with Crippen molar-refractivity contribution in [3.63, 3.8) is 0 Å². The minimum absolute atomic E-state index is 0. The summed E-state index contributed by atoms with van der Waals surface area (Å²) in [4.78, 5) is 59.5. The number of thiol groups is 1. The molecule has 0 fully saturated rings. The van der Waals surface area contributed by atoms with Gasteiger partial charge < -0.3 is 16.6 Å². The number of rotatable bonds is 6. The van der Waals surface area contributed by atoms with Gasteiger partial charge in [0.25, 0.3) is 0 Å². The fourth-order valence-electron chi connectivity index (χ4n) is 2.44. The SMILES string of the molecule is C.NC(=O)c1cc(Br)c(F)c([N+](=O)[O-])c1.NC(=O)c1ccc(F)c([N+](=O)[O-])c1.O=C(O)c1ccc(F)c([N+](=O)[O-])c1.O=S(=O)(O)O.O=S(Cl)Cl.[B]=NS. The zero-order valence-electron chi connectivity index (χ0n) is 24.4. The summed E-state index contributed by atoms with van der Waals surface area (Å²) in [6.07, 6.45) is 0. The van der Waals surface area contributed by atoms with Crippen LogP contribution in [0.1, 0.15) is 38.5 Å². The van der Waals surface area contributed by atoms with Crippen molar-refractivity contribution in [2.75, 3.05) is 0 Å². The van der Waals surface area contributed by atoms with Crippen LogP contribution in [-0.4, -0.2) is 67.0 Å². The van der Waals surface area contributed by atoms with Gasteiger partial charge in [-0.15, -0.1) is 0 Å². The zero-order chi connectivity index (χ0) is 41.7. The molecule has 0 saturated heterocycles. The number of hydrogen-bond donors (Lipinski definition) is 6. The number of primary amides is 2. The topological polar surface area (TPSA) is 357 Å². The quantitative estimate of drug-likeness (QED) is 0.0469. The van der Waals surface area contributed by atoms with E-state index in [0.717, 1.165) is 42.5 Å². The van der Waals surface area contributed by atoms with Crippen LogP contribution in [-0.2, 0) is 19.6 Å². The molecule has 0 bridgehead atoms. The number of amides is 2. The van der Waals surface area contributed by atoms with Gasteiger partial charge in [-0.3, -0.25) is 49.0 Å². The molecule has 2 amide bonds. The van der Waals surface area contributed by atoms with Crippen LogP contribution in [0.15, 0.2) is 57.3 Å². The first-order valence-corrected chi connectivity index (χ1v) is 16.8. The molecule has 0 spiro atoms. The maximum absolute atomic E-state index is 13.1. The monoisotopic (exact) mass is 921 g/mol. The fourth-order valence-corrected chi connectivity index (χ4v) is 2.89. The van der Waals surface area contributed by atoms with Gasteiger partial charge in [0.1, 0.15) is 0 Å². The summed E-state index contributed by atoms with van der Waals surface area (Å²) in [6, 6.07) is 7.00. The van der Waals surface area contributed by atoms with Crippen molar-refractivity contribution in [3.05, 3.63) is 117 Å². The van der Waals surface area contributed by atoms with Gasteiger partial charge in [0.15, 0.2) is 0 Å². The van der Waals surface area contributed by atoms with Crippen molar-refractivity contribution in [1.82, 2.24) is 0 Å². The number of benzene rings is 3. The second-order valence-electron chi connectivity index (χ2n) is 7.68. The predicted octanol–water partition coefficient (Wildman–Crippen LogP) is 5.07. The fraction of sp³-hybridized carbons (Fsp3) is 0.0455. The van der Waals surface area contributed by atoms with Gasteiger partial charge in [-0.2, -0.15) is 21.6 Å². The molecule has 0 aliphatic heterocycles. The van der Waals surface area contributed by atoms with E-state index in [-0.39, 0.29) is 28.6 Å². The molecule has 0 aliphatic rings. The van der Waals surface area contributed by atoms with E-state index in [4.69, 9.17) is 38.3 Å². The molecule has 0 heterocycles. The molecular weight excluding hydrogens is 903 g/mol. The molecule has 291 valence electrons. The number of nitrogens with two attached hydrogens (primary N) is 2. The van der Waals surface area contributed by atoms with Crippen LogP contribution in [0, 0.1) is 47.8 Å². The molecule has 1 radical (unpaired) electrons. The van der Waals surface area contributed by atoms with Gasteiger partial charge in [0.2, 0.25) is 38.5 Å². The van der Waals surface area contributed by atoms with E-state index in [1.54, 1.807) is 0 Å². The maximum atomic E-state index is 13.1. The average molecular weight is 923 g/mol. The Kier molecular flexibility index (Phi) is 28.1. The summed E-state index contributed by atoms with van der Waals surface area (Å²) in [5, 5.41) is 39.2. The summed E-state index contributed by atoms with van der Waals surface area (Å²) < 4.78 is 81.6. The number of nitro groups is 3. The summed E-state index contributed by atoms with van der Waals surface area (Å²) in [7, 11) is 7.03. The standard InChI is InChI=1S/C7H4BrFN2O3.C7H5FN2O3.C7H4FNO4.CH4.BHNS.Cl2OS.H2O4S/c8-4-1-3(7(10)12)2-5(6(4)9)11(13)14;8-5-2-1-4(7(9)11)3-6(5)10(12)13;8-5-2-1-4(7(10)11)3-6(5)9(12)13;;1-2-3;1-4(2)3;1-5(2,3)4/h1-2H,(H2,10,12);1-3H,(H2,9,11);1-3H,(H,10,11);1H4;3H;;(H2,1,2,3,4). The Hall–Kier alpha value is -4.65. The Bertz CT molecular complexity index is 1870. The first kappa shape index (κ1) is 55.1. The Labute approximate surface area is 320 Å². The molecule has 31 heteroatoms. The van der Waals surface area contributed by atoms with E-state index >= 15 is 0 Å². The van der Waals surface area contributed by atoms with Crippen LogP contribution in [0.5, 0.6) is 0 Å². The Morgan fingerprint density at radius 3 is 1.38 bits per heavy atom. The number of carboxylic acids is 1. The molecule has 0 saturated carbocycles. The van der Waals surface area contributed by atoms with Gasteiger partial charge in [0, 0.05) is 50.7 Å². The molecule has 0 aromatic heterocycles. The normalized spacial score (nSPS) is 9.30. The Morgan fingerprint density at radius 1 is 0.811 bits per heavy atom. The average Bonchev–Trinajstić information content (AvgIpc) is 2.98. The predicted molar refractivity (Wildman–Crippen MR) is 189 cm³/mol. The number of carboxylic acid groups (broad SMARTS) is 1. The van der Waals surface area contributed by atoms with Crippen LogP contribution in [0.25, 0.3) is 0 Å². The van der Waals surface area contributed by atoms with E-state index in [2.05, 4.69) is 62.0 Å². The second-order valence-corrected chi connectivity index (χ2v) is 12.2. The molecule has 3 aromatic rings. The van der Waals surface area contributed by atoms with Crippen LogP contribution >= 0.6 is 50.1 Å². The number of halogens is 6. The third kappa shape index (κ3) is 25.9. The van der Waals surface area contributed by atoms with E-state index in [1.807, 2.05) is 0 Å². The van der Waals surface area contributed by atoms with Crippen molar-refractivity contribution in [2.45, 2.75) is 7.43 Å². The Morgan fingerprint density at radius 2 is 1.09 bits per heavy atom. The molecule has 21 nitrogen and oxygen atoms in total. The van der Waals surface area contributed by atoms with E-state index in [0.29, 0.717) is 6.07 Å². The van der Waals surface area contributed by atoms with Gasteiger partial charge in [-0.05, 0) is 46.3 Å². The molecule has 3 aromatic carbocycles. The summed E-state index contributed by atoms with van der Waals surface area (Å²) in [5.41, 5.74) is 6.85. The third-order valence-electron chi connectivity index (χ3n) is 4.31. The van der Waals surface area contributed by atoms with Gasteiger partial charge >= 0.3 is 58.2 Å². The van der Waals surface area contributed by atoms with Crippen molar-refractivity contribution in [3.8, 4) is 0 Å². The van der Waals surface area contributed by atoms with E-state index in [1.165, 1.54) is 0 Å². The van der Waals surface area contributed by atoms with Gasteiger partial charge in [-0.1, -0.05) is 7.43 Å². The van der Waals surface area contributed by atoms with Crippen molar-refractivity contribution < 1.29 is 69.2 Å². The molecule has 0 unspecified atom stereocenters. The van der Waals surface area contributed by atoms with Crippen molar-refractivity contribution >= 4 is 112 Å². The summed E-state index contributed by atoms with van der Waals surface area (Å²) >= 11 is 5.94. The third-order valence-corrected chi connectivity index (χ3v) is 4.88. The first-order chi connectivity index (χ1) is 23.6. The molecule has 7 N–H and O–H groups in total. The van der Waals surface area contributed by atoms with Crippen molar-refractivity contribution in [1.29, 1.82) is 0 Å². The summed E-state index contributed by atoms with van der Waals surface area (Å²) in [5.74, 6) is -6.08. The number of nitro benzene ring substituents is 3. The molecule has 0 atom stereocenters. The number of nitrogens with zero attached hydrogens (tertiary/aromatic N) is 4. The molecule has 3 rings (SSSR count). The summed E-state index contributed by atoms with van der Waals surface area (Å²) in [6.45, 7) is 0. The van der Waals surface area contributed by atoms with Crippen molar-refractivity contribution in [2.24, 2.45) is 15.8 Å². The number of hydrogen-bond acceptors (Lipinski definition) is 14. The van der Waals surface area contributed by atoms with Crippen LogP contribution < -0.4 is 11.5 Å². The van der Waals surface area contributed by atoms with Crippen LogP contribution in [0.4, 0.5) is 30.2 Å². The first-order valence-electron chi connectivity index (χ1n) is 11.4. The Balaban J connectivity index is -0.000000292. The van der Waals surface area contributed by atoms with Gasteiger partial charge in [-0.25, -0.2) is 9.00 Å². The zero-order valence-corrected chi connectivity index (χ0v) is 30.0.